The van der Waals surface area contributed by atoms with E-state index in [-0.39, 0.29) is 11.2 Å². The highest BCUT2D eigenvalue weighted by atomic mass is 32.1. The summed E-state index contributed by atoms with van der Waals surface area (Å²) < 4.78 is 4.51. The van der Waals surface area contributed by atoms with E-state index in [2.05, 4.69) is 17.4 Å². The normalized spacial score (nSPS) is 12.1. The van der Waals surface area contributed by atoms with Crippen LogP contribution >= 0.6 is 12.6 Å². The van der Waals surface area contributed by atoms with Crippen LogP contribution in [0.4, 0.5) is 0 Å². The number of hydrogen-bond donors (Lipinski definition) is 1. The Kier molecular flexibility index (Phi) is 8.73. The molecule has 0 aromatic rings. The van der Waals surface area contributed by atoms with Gasteiger partial charge in [0.15, 0.2) is 0 Å². The molecular weight excluding hydrogens is 200 g/mol. The number of rotatable bonds is 8. The Labute approximate surface area is 90.6 Å². The van der Waals surface area contributed by atoms with E-state index in [1.165, 1.54) is 7.11 Å². The van der Waals surface area contributed by atoms with Gasteiger partial charge in [-0.25, -0.2) is 0 Å². The number of esters is 1. The van der Waals surface area contributed by atoms with E-state index in [9.17, 15) is 9.59 Å². The number of hydrogen-bond acceptors (Lipinski definition) is 4. The topological polar surface area (TPSA) is 43.4 Å². The summed E-state index contributed by atoms with van der Waals surface area (Å²) in [5.41, 5.74) is 0. The van der Waals surface area contributed by atoms with Crippen molar-refractivity contribution in [3.63, 3.8) is 0 Å². The number of ether oxygens (including phenoxy) is 1. The molecule has 14 heavy (non-hydrogen) atoms. The zero-order valence-electron chi connectivity index (χ0n) is 8.57. The molecule has 0 spiro atoms. The van der Waals surface area contributed by atoms with E-state index in [0.717, 1.165) is 38.4 Å². The number of thiol groups is 1. The molecule has 0 aliphatic carbocycles. The molecule has 82 valence electrons. The lowest BCUT2D eigenvalue weighted by Gasteiger charge is -2.02. The van der Waals surface area contributed by atoms with Crippen LogP contribution in [0.1, 0.15) is 38.5 Å². The zero-order chi connectivity index (χ0) is 10.8. The Morgan fingerprint density at radius 1 is 1.36 bits per heavy atom. The molecule has 0 bridgehead atoms. The summed E-state index contributed by atoms with van der Waals surface area (Å²) in [4.78, 5) is 20.9. The van der Waals surface area contributed by atoms with Gasteiger partial charge in [0, 0.05) is 6.42 Å². The fraction of sp³-hybridized carbons (Fsp3) is 0.800. The highest BCUT2D eigenvalue weighted by Crippen LogP contribution is 2.09. The predicted octanol–water partition coefficient (Wildman–Crippen LogP) is 2.00. The summed E-state index contributed by atoms with van der Waals surface area (Å²) in [5, 5.41) is -0.129. The fourth-order valence-electron chi connectivity index (χ4n) is 1.15. The smallest absolute Gasteiger partial charge is 0.305 e. The molecule has 0 aliphatic heterocycles. The first-order valence-electron chi connectivity index (χ1n) is 4.91. The van der Waals surface area contributed by atoms with Crippen molar-refractivity contribution in [2.45, 2.75) is 43.8 Å². The van der Waals surface area contributed by atoms with Crippen LogP contribution in [0.3, 0.4) is 0 Å². The van der Waals surface area contributed by atoms with E-state index in [4.69, 9.17) is 0 Å². The number of methoxy groups -OCH3 is 1. The highest BCUT2D eigenvalue weighted by molar-refractivity contribution is 7.81. The third-order valence-electron chi connectivity index (χ3n) is 2.02. The van der Waals surface area contributed by atoms with Gasteiger partial charge in [-0.15, -0.1) is 0 Å². The van der Waals surface area contributed by atoms with Crippen molar-refractivity contribution in [1.29, 1.82) is 0 Å². The second-order valence-electron chi connectivity index (χ2n) is 3.23. The summed E-state index contributed by atoms with van der Waals surface area (Å²) in [5.74, 6) is -0.148. The molecule has 0 aromatic heterocycles. The van der Waals surface area contributed by atoms with Gasteiger partial charge >= 0.3 is 5.97 Å². The predicted molar refractivity (Wildman–Crippen MR) is 58.6 cm³/mol. The first-order valence-corrected chi connectivity index (χ1v) is 5.42. The summed E-state index contributed by atoms with van der Waals surface area (Å²) in [6, 6.07) is 0. The van der Waals surface area contributed by atoms with Gasteiger partial charge in [-0.3, -0.25) is 4.79 Å². The van der Waals surface area contributed by atoms with Gasteiger partial charge in [-0.2, -0.15) is 12.6 Å². The maximum absolute atomic E-state index is 10.7. The lowest BCUT2D eigenvalue weighted by molar-refractivity contribution is -0.140. The monoisotopic (exact) mass is 218 g/mol. The molecule has 0 radical (unpaired) electrons. The molecule has 0 fully saturated rings. The van der Waals surface area contributed by atoms with E-state index in [0.29, 0.717) is 6.42 Å². The fourth-order valence-corrected chi connectivity index (χ4v) is 1.33. The molecule has 4 heteroatoms. The molecule has 3 nitrogen and oxygen atoms in total. The van der Waals surface area contributed by atoms with Gasteiger partial charge in [-0.05, 0) is 12.8 Å². The van der Waals surface area contributed by atoms with Crippen LogP contribution in [-0.4, -0.2) is 24.6 Å². The number of carbonyl (C=O) groups is 2. The molecule has 1 unspecified atom stereocenters. The van der Waals surface area contributed by atoms with Gasteiger partial charge in [0.1, 0.15) is 6.29 Å². The molecule has 0 saturated carbocycles. The number of unbranched alkanes of at least 4 members (excludes halogenated alkanes) is 3. The average molecular weight is 218 g/mol. The molecular formula is C10H18O3S. The van der Waals surface area contributed by atoms with Crippen LogP contribution in [0.5, 0.6) is 0 Å². The van der Waals surface area contributed by atoms with E-state index in [1.807, 2.05) is 0 Å². The molecule has 0 aliphatic rings. The van der Waals surface area contributed by atoms with Crippen LogP contribution < -0.4 is 0 Å². The lowest BCUT2D eigenvalue weighted by atomic mass is 10.1. The quantitative estimate of drug-likeness (QED) is 0.293. The Bertz CT molecular complexity index is 171. The Hall–Kier alpha value is -0.510. The first-order chi connectivity index (χ1) is 6.70. The second-order valence-corrected chi connectivity index (χ2v) is 3.90. The maximum atomic E-state index is 10.7. The molecule has 0 aromatic carbocycles. The molecule has 1 atom stereocenters. The SMILES string of the molecule is COC(=O)CCCCCCC(S)C=O. The van der Waals surface area contributed by atoms with Crippen molar-refractivity contribution in [3.05, 3.63) is 0 Å². The number of carbonyl (C=O) groups excluding carboxylic acids is 2. The van der Waals surface area contributed by atoms with Gasteiger partial charge in [0.05, 0.1) is 12.4 Å². The molecule has 0 amide bonds. The lowest BCUT2D eigenvalue weighted by Crippen LogP contribution is -2.00. The number of aldehydes is 1. The van der Waals surface area contributed by atoms with Crippen LogP contribution in [0.25, 0.3) is 0 Å². The minimum Gasteiger partial charge on any atom is -0.469 e. The molecule has 0 heterocycles. The third-order valence-corrected chi connectivity index (χ3v) is 2.40. The average Bonchev–Trinajstić information content (AvgIpc) is 2.22. The largest absolute Gasteiger partial charge is 0.469 e. The Morgan fingerprint density at radius 3 is 2.57 bits per heavy atom. The Morgan fingerprint density at radius 2 is 2.00 bits per heavy atom. The van der Waals surface area contributed by atoms with E-state index >= 15 is 0 Å². The van der Waals surface area contributed by atoms with E-state index < -0.39 is 0 Å². The first kappa shape index (κ1) is 13.5. The highest BCUT2D eigenvalue weighted by Gasteiger charge is 2.01. The maximum Gasteiger partial charge on any atom is 0.305 e. The van der Waals surface area contributed by atoms with E-state index in [1.54, 1.807) is 0 Å². The van der Waals surface area contributed by atoms with Crippen molar-refractivity contribution < 1.29 is 14.3 Å². The Balaban J connectivity index is 3.14. The minimum atomic E-state index is -0.148. The molecule has 0 N–H and O–H groups in total. The summed E-state index contributed by atoms with van der Waals surface area (Å²) in [7, 11) is 1.40. The van der Waals surface area contributed by atoms with Crippen molar-refractivity contribution in [2.24, 2.45) is 0 Å². The van der Waals surface area contributed by atoms with Crippen molar-refractivity contribution in [3.8, 4) is 0 Å². The molecule has 0 rings (SSSR count). The van der Waals surface area contributed by atoms with Crippen LogP contribution in [0.2, 0.25) is 0 Å². The summed E-state index contributed by atoms with van der Waals surface area (Å²) in [6.07, 6.45) is 6.09. The van der Waals surface area contributed by atoms with Gasteiger partial charge in [0.25, 0.3) is 0 Å². The summed E-state index contributed by atoms with van der Waals surface area (Å²) >= 11 is 4.06. The zero-order valence-corrected chi connectivity index (χ0v) is 9.46. The van der Waals surface area contributed by atoms with Crippen molar-refractivity contribution in [2.75, 3.05) is 7.11 Å². The summed E-state index contributed by atoms with van der Waals surface area (Å²) in [6.45, 7) is 0. The standard InChI is InChI=1S/C10H18O3S/c1-13-10(12)7-5-3-2-4-6-9(14)8-11/h8-9,14H,2-7H2,1H3. The second kappa shape index (κ2) is 9.06. The molecule has 0 saturated heterocycles. The van der Waals surface area contributed by atoms with Gasteiger partial charge in [-0.1, -0.05) is 19.3 Å². The van der Waals surface area contributed by atoms with Gasteiger partial charge < -0.3 is 9.53 Å². The van der Waals surface area contributed by atoms with Crippen molar-refractivity contribution >= 4 is 24.9 Å². The van der Waals surface area contributed by atoms with Crippen LogP contribution in [0, 0.1) is 0 Å². The van der Waals surface area contributed by atoms with Crippen LogP contribution in [-0.2, 0) is 14.3 Å². The van der Waals surface area contributed by atoms with Gasteiger partial charge in [0.2, 0.25) is 0 Å². The van der Waals surface area contributed by atoms with Crippen LogP contribution in [0.15, 0.2) is 0 Å². The van der Waals surface area contributed by atoms with Crippen molar-refractivity contribution in [1.82, 2.24) is 0 Å². The minimum absolute atomic E-state index is 0.129. The third kappa shape index (κ3) is 8.10.